The number of halogens is 2. The minimum absolute atomic E-state index is 0.432. The number of aryl methyl sites for hydroxylation is 1. The highest BCUT2D eigenvalue weighted by molar-refractivity contribution is 6.36. The monoisotopic (exact) mass is 212 g/mol. The molecule has 2 heterocycles. The van der Waals surface area contributed by atoms with Gasteiger partial charge in [0.25, 0.3) is 0 Å². The van der Waals surface area contributed by atoms with E-state index in [1.54, 1.807) is 18.3 Å². The third kappa shape index (κ3) is 1.47. The molecule has 4 heteroatoms. The number of hydrogen-bond acceptors (Lipinski definition) is 2. The zero-order valence-corrected chi connectivity index (χ0v) is 8.39. The Balaban J connectivity index is 2.89. The number of hydrogen-bond donors (Lipinski definition) is 0. The Bertz CT molecular complexity index is 463. The van der Waals surface area contributed by atoms with Crippen LogP contribution in [0.3, 0.4) is 0 Å². The smallest absolute Gasteiger partial charge is 0.129 e. The molecule has 0 aromatic carbocycles. The lowest BCUT2D eigenvalue weighted by Crippen LogP contribution is -1.87. The Morgan fingerprint density at radius 2 is 2.00 bits per heavy atom. The van der Waals surface area contributed by atoms with Crippen molar-refractivity contribution in [2.45, 2.75) is 6.92 Å². The summed E-state index contributed by atoms with van der Waals surface area (Å²) in [5.74, 6) is 0. The predicted octanol–water partition coefficient (Wildman–Crippen LogP) is 3.25. The lowest BCUT2D eigenvalue weighted by Gasteiger charge is -2.01. The van der Waals surface area contributed by atoms with E-state index < -0.39 is 0 Å². The number of aromatic nitrogens is 2. The van der Waals surface area contributed by atoms with E-state index in [1.165, 1.54) is 0 Å². The lowest BCUT2D eigenvalue weighted by atomic mass is 10.2. The van der Waals surface area contributed by atoms with Crippen LogP contribution < -0.4 is 0 Å². The van der Waals surface area contributed by atoms with E-state index in [0.29, 0.717) is 15.7 Å². The molecule has 2 aromatic rings. The summed E-state index contributed by atoms with van der Waals surface area (Å²) in [7, 11) is 0. The number of rotatable bonds is 0. The third-order valence-corrected chi connectivity index (χ3v) is 2.48. The maximum atomic E-state index is 6.04. The third-order valence-electron chi connectivity index (χ3n) is 1.79. The fraction of sp³-hybridized carbons (Fsp3) is 0.111. The van der Waals surface area contributed by atoms with Crippen LogP contribution in [0.2, 0.25) is 10.2 Å². The fourth-order valence-electron chi connectivity index (χ4n) is 1.10. The second-order valence-electron chi connectivity index (χ2n) is 2.76. The minimum atomic E-state index is 0.432. The summed E-state index contributed by atoms with van der Waals surface area (Å²) in [6, 6.07) is 3.50. The van der Waals surface area contributed by atoms with Crippen molar-refractivity contribution in [2.75, 3.05) is 0 Å². The molecule has 0 aliphatic carbocycles. The van der Waals surface area contributed by atoms with Gasteiger partial charge in [0.15, 0.2) is 0 Å². The predicted molar refractivity (Wildman–Crippen MR) is 54.3 cm³/mol. The lowest BCUT2D eigenvalue weighted by molar-refractivity contribution is 1.29. The molecule has 0 fully saturated rings. The summed E-state index contributed by atoms with van der Waals surface area (Å²) in [4.78, 5) is 8.28. The van der Waals surface area contributed by atoms with Gasteiger partial charge in [0.05, 0.1) is 10.5 Å². The molecule has 13 heavy (non-hydrogen) atoms. The molecule has 0 unspecified atom stereocenters. The molecular formula is C9H6Cl2N2. The molecule has 0 saturated heterocycles. The van der Waals surface area contributed by atoms with Gasteiger partial charge in [-0.1, -0.05) is 23.2 Å². The molecule has 0 atom stereocenters. The molecule has 2 aromatic heterocycles. The van der Waals surface area contributed by atoms with E-state index in [-0.39, 0.29) is 0 Å². The largest absolute Gasteiger partial charge is 0.254 e. The second-order valence-corrected chi connectivity index (χ2v) is 3.52. The highest BCUT2D eigenvalue weighted by Crippen LogP contribution is 2.24. The van der Waals surface area contributed by atoms with Crippen LogP contribution in [0.1, 0.15) is 5.56 Å². The molecule has 0 aliphatic rings. The molecule has 0 saturated carbocycles. The van der Waals surface area contributed by atoms with E-state index in [0.717, 1.165) is 11.1 Å². The van der Waals surface area contributed by atoms with Gasteiger partial charge in [-0.3, -0.25) is 4.98 Å². The fourth-order valence-corrected chi connectivity index (χ4v) is 1.44. The molecular weight excluding hydrogens is 207 g/mol. The summed E-state index contributed by atoms with van der Waals surface area (Å²) in [5, 5.41) is 1.05. The van der Waals surface area contributed by atoms with Gasteiger partial charge in [0.1, 0.15) is 10.7 Å². The molecule has 0 aliphatic heterocycles. The summed E-state index contributed by atoms with van der Waals surface area (Å²) in [6.07, 6.45) is 1.72. The zero-order chi connectivity index (χ0) is 9.42. The van der Waals surface area contributed by atoms with Crippen molar-refractivity contribution >= 4 is 34.2 Å². The van der Waals surface area contributed by atoms with Crippen LogP contribution in [0.5, 0.6) is 0 Å². The van der Waals surface area contributed by atoms with Crippen molar-refractivity contribution in [1.29, 1.82) is 0 Å². The van der Waals surface area contributed by atoms with Gasteiger partial charge in [0, 0.05) is 6.20 Å². The first-order valence-electron chi connectivity index (χ1n) is 3.76. The normalized spacial score (nSPS) is 10.7. The molecule has 0 radical (unpaired) electrons. The second kappa shape index (κ2) is 3.13. The van der Waals surface area contributed by atoms with Crippen LogP contribution in [0.25, 0.3) is 11.0 Å². The highest BCUT2D eigenvalue weighted by Gasteiger charge is 2.04. The van der Waals surface area contributed by atoms with E-state index in [9.17, 15) is 0 Å². The zero-order valence-electron chi connectivity index (χ0n) is 6.88. The van der Waals surface area contributed by atoms with Crippen LogP contribution in [0.4, 0.5) is 0 Å². The van der Waals surface area contributed by atoms with Crippen molar-refractivity contribution in [2.24, 2.45) is 0 Å². The van der Waals surface area contributed by atoms with Crippen molar-refractivity contribution < 1.29 is 0 Å². The first-order chi connectivity index (χ1) is 6.18. The first kappa shape index (κ1) is 8.73. The molecule has 0 N–H and O–H groups in total. The molecule has 0 amide bonds. The topological polar surface area (TPSA) is 25.8 Å². The Hall–Kier alpha value is -0.860. The molecule has 0 spiro atoms. The summed E-state index contributed by atoms with van der Waals surface area (Å²) < 4.78 is 0. The van der Waals surface area contributed by atoms with Gasteiger partial charge in [0.2, 0.25) is 0 Å². The van der Waals surface area contributed by atoms with Gasteiger partial charge in [-0.2, -0.15) is 0 Å². The van der Waals surface area contributed by atoms with Gasteiger partial charge < -0.3 is 0 Å². The standard InChI is InChI=1S/C9H6Cl2N2/c1-5-4-12-6-2-3-7(10)13-9(6)8(5)11/h2-4H,1H3. The van der Waals surface area contributed by atoms with Gasteiger partial charge in [-0.05, 0) is 24.6 Å². The van der Waals surface area contributed by atoms with Crippen molar-refractivity contribution in [3.8, 4) is 0 Å². The highest BCUT2D eigenvalue weighted by atomic mass is 35.5. The van der Waals surface area contributed by atoms with Crippen LogP contribution in [-0.4, -0.2) is 9.97 Å². The van der Waals surface area contributed by atoms with Crippen LogP contribution in [-0.2, 0) is 0 Å². The van der Waals surface area contributed by atoms with E-state index >= 15 is 0 Å². The average molecular weight is 213 g/mol. The Morgan fingerprint density at radius 3 is 2.77 bits per heavy atom. The number of pyridine rings is 2. The Labute approximate surface area is 85.5 Å². The Morgan fingerprint density at radius 1 is 1.23 bits per heavy atom. The summed E-state index contributed by atoms with van der Waals surface area (Å²) >= 11 is 11.8. The molecule has 2 rings (SSSR count). The SMILES string of the molecule is Cc1cnc2ccc(Cl)nc2c1Cl. The van der Waals surface area contributed by atoms with Crippen LogP contribution >= 0.6 is 23.2 Å². The van der Waals surface area contributed by atoms with Crippen molar-refractivity contribution in [3.05, 3.63) is 34.1 Å². The number of nitrogens with zero attached hydrogens (tertiary/aromatic N) is 2. The van der Waals surface area contributed by atoms with Gasteiger partial charge in [-0.15, -0.1) is 0 Å². The quantitative estimate of drug-likeness (QED) is 0.627. The van der Waals surface area contributed by atoms with E-state index in [4.69, 9.17) is 23.2 Å². The van der Waals surface area contributed by atoms with Crippen molar-refractivity contribution in [1.82, 2.24) is 9.97 Å². The molecule has 0 bridgehead atoms. The van der Waals surface area contributed by atoms with E-state index in [1.807, 2.05) is 6.92 Å². The summed E-state index contributed by atoms with van der Waals surface area (Å²) in [5.41, 5.74) is 2.33. The maximum absolute atomic E-state index is 6.04. The van der Waals surface area contributed by atoms with Crippen molar-refractivity contribution in [3.63, 3.8) is 0 Å². The average Bonchev–Trinajstić information content (AvgIpc) is 2.12. The van der Waals surface area contributed by atoms with Gasteiger partial charge in [-0.25, -0.2) is 4.98 Å². The Kier molecular flexibility index (Phi) is 2.10. The first-order valence-corrected chi connectivity index (χ1v) is 4.51. The van der Waals surface area contributed by atoms with Crippen LogP contribution in [0, 0.1) is 6.92 Å². The minimum Gasteiger partial charge on any atom is -0.254 e. The van der Waals surface area contributed by atoms with Gasteiger partial charge >= 0.3 is 0 Å². The number of fused-ring (bicyclic) bond motifs is 1. The molecule has 2 nitrogen and oxygen atoms in total. The maximum Gasteiger partial charge on any atom is 0.129 e. The summed E-state index contributed by atoms with van der Waals surface area (Å²) in [6.45, 7) is 1.89. The molecule has 66 valence electrons. The van der Waals surface area contributed by atoms with E-state index in [2.05, 4.69) is 9.97 Å². The van der Waals surface area contributed by atoms with Crippen LogP contribution in [0.15, 0.2) is 18.3 Å².